The van der Waals surface area contributed by atoms with E-state index in [4.69, 9.17) is 5.73 Å². The van der Waals surface area contributed by atoms with Crippen LogP contribution in [-0.4, -0.2) is 42.6 Å². The maximum absolute atomic E-state index is 6.11. The summed E-state index contributed by atoms with van der Waals surface area (Å²) in [5, 5.41) is 0. The van der Waals surface area contributed by atoms with Gasteiger partial charge in [-0.1, -0.05) is 18.2 Å². The summed E-state index contributed by atoms with van der Waals surface area (Å²) >= 11 is 0. The maximum atomic E-state index is 6.11. The molecular formula is C14H20N4. The SMILES string of the molecule is CC1CC2(CN=C(N)N2c2ccccc2)CN1C. The van der Waals surface area contributed by atoms with Crippen molar-refractivity contribution in [1.82, 2.24) is 4.90 Å². The van der Waals surface area contributed by atoms with Crippen LogP contribution in [0.5, 0.6) is 0 Å². The number of anilines is 1. The van der Waals surface area contributed by atoms with Crippen molar-refractivity contribution in [1.29, 1.82) is 0 Å². The Kier molecular flexibility index (Phi) is 2.55. The molecule has 18 heavy (non-hydrogen) atoms. The van der Waals surface area contributed by atoms with Gasteiger partial charge in [-0.2, -0.15) is 0 Å². The van der Waals surface area contributed by atoms with Gasteiger partial charge in [0.15, 0.2) is 5.96 Å². The summed E-state index contributed by atoms with van der Waals surface area (Å²) in [6.45, 7) is 4.10. The standard InChI is InChI=1S/C14H20N4/c1-11-8-14(10-17(11)2)9-16-13(15)18(14)12-6-4-3-5-7-12/h3-7,11H,8-10H2,1-2H3,(H2,15,16). The van der Waals surface area contributed by atoms with Crippen LogP contribution in [0.15, 0.2) is 35.3 Å². The third kappa shape index (κ3) is 1.60. The van der Waals surface area contributed by atoms with Crippen molar-refractivity contribution in [3.63, 3.8) is 0 Å². The lowest BCUT2D eigenvalue weighted by Crippen LogP contribution is -2.53. The van der Waals surface area contributed by atoms with Crippen LogP contribution in [0.25, 0.3) is 0 Å². The topological polar surface area (TPSA) is 44.9 Å². The van der Waals surface area contributed by atoms with E-state index >= 15 is 0 Å². The number of benzene rings is 1. The van der Waals surface area contributed by atoms with Gasteiger partial charge in [0.05, 0.1) is 12.1 Å². The lowest BCUT2D eigenvalue weighted by Gasteiger charge is -2.35. The Labute approximate surface area is 108 Å². The average Bonchev–Trinajstić information content (AvgIpc) is 2.82. The fourth-order valence-corrected chi connectivity index (χ4v) is 3.26. The fraction of sp³-hybridized carbons (Fsp3) is 0.500. The summed E-state index contributed by atoms with van der Waals surface area (Å²) in [6.07, 6.45) is 1.11. The summed E-state index contributed by atoms with van der Waals surface area (Å²) in [4.78, 5) is 9.11. The van der Waals surface area contributed by atoms with Crippen LogP contribution < -0.4 is 10.6 Å². The van der Waals surface area contributed by atoms with Gasteiger partial charge in [-0.15, -0.1) is 0 Å². The molecule has 2 unspecified atom stereocenters. The molecule has 2 atom stereocenters. The summed E-state index contributed by atoms with van der Waals surface area (Å²) < 4.78 is 0. The largest absolute Gasteiger partial charge is 0.369 e. The van der Waals surface area contributed by atoms with Crippen molar-refractivity contribution in [2.45, 2.75) is 24.9 Å². The van der Waals surface area contributed by atoms with E-state index in [-0.39, 0.29) is 5.54 Å². The fourth-order valence-electron chi connectivity index (χ4n) is 3.26. The van der Waals surface area contributed by atoms with Gasteiger partial charge < -0.3 is 15.5 Å². The van der Waals surface area contributed by atoms with Gasteiger partial charge in [-0.05, 0) is 32.5 Å². The zero-order valence-electron chi connectivity index (χ0n) is 11.0. The molecule has 0 radical (unpaired) electrons. The van der Waals surface area contributed by atoms with Crippen molar-refractivity contribution in [3.8, 4) is 0 Å². The number of guanidine groups is 1. The summed E-state index contributed by atoms with van der Waals surface area (Å²) in [6, 6.07) is 10.9. The van der Waals surface area contributed by atoms with Crippen LogP contribution in [-0.2, 0) is 0 Å². The molecule has 1 aromatic rings. The molecule has 1 spiro atoms. The molecule has 2 aliphatic heterocycles. The first-order valence-electron chi connectivity index (χ1n) is 6.48. The predicted octanol–water partition coefficient (Wildman–Crippen LogP) is 1.28. The highest BCUT2D eigenvalue weighted by atomic mass is 15.4. The van der Waals surface area contributed by atoms with Crippen LogP contribution in [0.3, 0.4) is 0 Å². The van der Waals surface area contributed by atoms with E-state index in [2.05, 4.69) is 53.0 Å². The molecule has 3 rings (SSSR count). The molecule has 1 aromatic carbocycles. The quantitative estimate of drug-likeness (QED) is 0.809. The number of para-hydroxylation sites is 1. The molecular weight excluding hydrogens is 224 g/mol. The molecule has 0 bridgehead atoms. The van der Waals surface area contributed by atoms with E-state index in [9.17, 15) is 0 Å². The minimum atomic E-state index is 0.0552. The van der Waals surface area contributed by atoms with E-state index in [1.165, 1.54) is 0 Å². The monoisotopic (exact) mass is 244 g/mol. The summed E-state index contributed by atoms with van der Waals surface area (Å²) in [7, 11) is 2.18. The van der Waals surface area contributed by atoms with Gasteiger partial charge in [-0.25, -0.2) is 0 Å². The number of hydrogen-bond donors (Lipinski definition) is 1. The van der Waals surface area contributed by atoms with E-state index in [1.807, 2.05) is 6.07 Å². The molecule has 0 amide bonds. The molecule has 2 N–H and O–H groups in total. The van der Waals surface area contributed by atoms with Crippen molar-refractivity contribution in [3.05, 3.63) is 30.3 Å². The van der Waals surface area contributed by atoms with Crippen LogP contribution in [0.2, 0.25) is 0 Å². The lowest BCUT2D eigenvalue weighted by atomic mass is 9.94. The number of nitrogens with zero attached hydrogens (tertiary/aromatic N) is 3. The van der Waals surface area contributed by atoms with Crippen LogP contribution in [0.4, 0.5) is 5.69 Å². The molecule has 2 heterocycles. The van der Waals surface area contributed by atoms with Crippen LogP contribution in [0.1, 0.15) is 13.3 Å². The normalized spacial score (nSPS) is 32.2. The minimum Gasteiger partial charge on any atom is -0.369 e. The van der Waals surface area contributed by atoms with Crippen molar-refractivity contribution in [2.75, 3.05) is 25.0 Å². The second kappa shape index (κ2) is 3.99. The van der Waals surface area contributed by atoms with Crippen molar-refractivity contribution >= 4 is 11.6 Å². The molecule has 96 valence electrons. The Morgan fingerprint density at radius 3 is 2.67 bits per heavy atom. The average molecular weight is 244 g/mol. The Balaban J connectivity index is 1.98. The van der Waals surface area contributed by atoms with Crippen LogP contribution in [0, 0.1) is 0 Å². The lowest BCUT2D eigenvalue weighted by molar-refractivity contribution is 0.322. The van der Waals surface area contributed by atoms with E-state index in [0.717, 1.165) is 25.2 Å². The zero-order chi connectivity index (χ0) is 12.8. The molecule has 0 aromatic heterocycles. The first kappa shape index (κ1) is 11.5. The highest BCUT2D eigenvalue weighted by molar-refractivity contribution is 5.98. The van der Waals surface area contributed by atoms with Crippen LogP contribution >= 0.6 is 0 Å². The Morgan fingerprint density at radius 1 is 1.33 bits per heavy atom. The Bertz CT molecular complexity index is 458. The first-order valence-corrected chi connectivity index (χ1v) is 6.48. The van der Waals surface area contributed by atoms with E-state index in [0.29, 0.717) is 12.0 Å². The second-order valence-electron chi connectivity index (χ2n) is 5.54. The Morgan fingerprint density at radius 2 is 2.06 bits per heavy atom. The first-order chi connectivity index (χ1) is 8.62. The summed E-state index contributed by atoms with van der Waals surface area (Å²) in [5.41, 5.74) is 7.32. The van der Waals surface area contributed by atoms with Gasteiger partial charge in [0.2, 0.25) is 0 Å². The Hall–Kier alpha value is -1.55. The molecule has 0 saturated carbocycles. The molecule has 0 aliphatic carbocycles. The maximum Gasteiger partial charge on any atom is 0.196 e. The number of likely N-dealkylation sites (N-methyl/N-ethyl adjacent to an activating group) is 1. The van der Waals surface area contributed by atoms with E-state index in [1.54, 1.807) is 0 Å². The number of aliphatic imine (C=N–C) groups is 1. The van der Waals surface area contributed by atoms with Gasteiger partial charge in [-0.3, -0.25) is 4.99 Å². The van der Waals surface area contributed by atoms with Gasteiger partial charge >= 0.3 is 0 Å². The third-order valence-electron chi connectivity index (χ3n) is 4.22. The zero-order valence-corrected chi connectivity index (χ0v) is 11.0. The minimum absolute atomic E-state index is 0.0552. The highest BCUT2D eigenvalue weighted by Gasteiger charge is 2.49. The third-order valence-corrected chi connectivity index (χ3v) is 4.22. The molecule has 1 saturated heterocycles. The number of hydrogen-bond acceptors (Lipinski definition) is 4. The van der Waals surface area contributed by atoms with Gasteiger partial charge in [0.1, 0.15) is 0 Å². The highest BCUT2D eigenvalue weighted by Crippen LogP contribution is 2.37. The predicted molar refractivity (Wildman–Crippen MR) is 74.9 cm³/mol. The number of nitrogens with two attached hydrogens (primary N) is 1. The molecule has 4 heteroatoms. The van der Waals surface area contributed by atoms with Gasteiger partial charge in [0.25, 0.3) is 0 Å². The second-order valence-corrected chi connectivity index (χ2v) is 5.54. The van der Waals surface area contributed by atoms with Crippen molar-refractivity contribution in [2.24, 2.45) is 10.7 Å². The summed E-state index contributed by atoms with van der Waals surface area (Å²) in [5.74, 6) is 0.656. The van der Waals surface area contributed by atoms with E-state index < -0.39 is 0 Å². The smallest absolute Gasteiger partial charge is 0.196 e. The molecule has 2 aliphatic rings. The number of rotatable bonds is 1. The van der Waals surface area contributed by atoms with Crippen molar-refractivity contribution < 1.29 is 0 Å². The van der Waals surface area contributed by atoms with Gasteiger partial charge in [0, 0.05) is 18.3 Å². The molecule has 4 nitrogen and oxygen atoms in total. The molecule has 1 fully saturated rings. The number of likely N-dealkylation sites (tertiary alicyclic amines) is 1.